The van der Waals surface area contributed by atoms with Crippen LogP contribution in [0.1, 0.15) is 19.3 Å². The smallest absolute Gasteiger partial charge is 0.0970 e. The fraction of sp³-hybridized carbons (Fsp3) is 1.00. The summed E-state index contributed by atoms with van der Waals surface area (Å²) in [5, 5.41) is 12.5. The number of nitrogens with one attached hydrogen (secondary N) is 1. The summed E-state index contributed by atoms with van der Waals surface area (Å²) < 4.78 is 5.55. The Bertz CT molecular complexity index is 147. The van der Waals surface area contributed by atoms with Crippen LogP contribution in [0.15, 0.2) is 0 Å². The molecule has 1 aliphatic carbocycles. The van der Waals surface area contributed by atoms with Gasteiger partial charge in [0.05, 0.1) is 12.2 Å². The van der Waals surface area contributed by atoms with E-state index in [4.69, 9.17) is 4.74 Å². The largest absolute Gasteiger partial charge is 0.389 e. The maximum absolute atomic E-state index is 9.38. The third kappa shape index (κ3) is 2.19. The van der Waals surface area contributed by atoms with Crippen LogP contribution in [0, 0.1) is 5.92 Å². The van der Waals surface area contributed by atoms with Crippen LogP contribution in [0.4, 0.5) is 0 Å². The quantitative estimate of drug-likeness (QED) is 0.632. The van der Waals surface area contributed by atoms with E-state index in [1.54, 1.807) is 0 Å². The minimum absolute atomic E-state index is 0.0451. The Hall–Kier alpha value is -0.120. The van der Waals surface area contributed by atoms with Crippen molar-refractivity contribution in [2.45, 2.75) is 31.5 Å². The van der Waals surface area contributed by atoms with E-state index in [0.29, 0.717) is 6.54 Å². The van der Waals surface area contributed by atoms with E-state index in [0.717, 1.165) is 19.1 Å². The van der Waals surface area contributed by atoms with Crippen molar-refractivity contribution in [2.75, 3.05) is 19.7 Å². The average Bonchev–Trinajstić information content (AvgIpc) is 2.78. The van der Waals surface area contributed by atoms with Crippen molar-refractivity contribution in [3.63, 3.8) is 0 Å². The Morgan fingerprint density at radius 2 is 2.17 bits per heavy atom. The molecule has 0 radical (unpaired) electrons. The molecule has 2 rings (SSSR count). The van der Waals surface area contributed by atoms with Gasteiger partial charge in [-0.3, -0.25) is 0 Å². The third-order valence-electron chi connectivity index (χ3n) is 2.68. The van der Waals surface area contributed by atoms with Gasteiger partial charge in [-0.1, -0.05) is 12.8 Å². The molecule has 2 aliphatic rings. The molecule has 1 saturated carbocycles. The van der Waals surface area contributed by atoms with Crippen LogP contribution in [0.2, 0.25) is 0 Å². The first-order valence-corrected chi connectivity index (χ1v) is 4.86. The molecule has 2 N–H and O–H groups in total. The Labute approximate surface area is 73.1 Å². The average molecular weight is 171 g/mol. The van der Waals surface area contributed by atoms with Gasteiger partial charge in [-0.25, -0.2) is 0 Å². The minimum atomic E-state index is -0.288. The highest BCUT2D eigenvalue weighted by atomic mass is 16.5. The molecular weight excluding hydrogens is 154 g/mol. The Morgan fingerprint density at radius 1 is 1.33 bits per heavy atom. The summed E-state index contributed by atoms with van der Waals surface area (Å²) in [6, 6.07) is 0. The fourth-order valence-electron chi connectivity index (χ4n) is 1.60. The topological polar surface area (TPSA) is 41.5 Å². The van der Waals surface area contributed by atoms with E-state index in [-0.39, 0.29) is 12.2 Å². The molecule has 0 spiro atoms. The second-order valence-electron chi connectivity index (χ2n) is 3.87. The molecule has 1 saturated heterocycles. The van der Waals surface area contributed by atoms with Gasteiger partial charge in [0.15, 0.2) is 0 Å². The molecule has 3 nitrogen and oxygen atoms in total. The van der Waals surface area contributed by atoms with Gasteiger partial charge in [0.2, 0.25) is 0 Å². The highest BCUT2D eigenvalue weighted by Gasteiger charge is 2.26. The normalized spacial score (nSPS) is 35.8. The minimum Gasteiger partial charge on any atom is -0.389 e. The highest BCUT2D eigenvalue weighted by Crippen LogP contribution is 2.32. The molecule has 0 amide bonds. The van der Waals surface area contributed by atoms with E-state index in [9.17, 15) is 5.11 Å². The Balaban J connectivity index is 1.58. The maximum Gasteiger partial charge on any atom is 0.0970 e. The lowest BCUT2D eigenvalue weighted by Crippen LogP contribution is -2.27. The van der Waals surface area contributed by atoms with Gasteiger partial charge < -0.3 is 15.2 Å². The van der Waals surface area contributed by atoms with Crippen molar-refractivity contribution in [3.8, 4) is 0 Å². The molecule has 0 aromatic rings. The molecule has 2 atom stereocenters. The number of hydrogen-bond acceptors (Lipinski definition) is 3. The van der Waals surface area contributed by atoms with E-state index >= 15 is 0 Å². The number of ether oxygens (including phenoxy) is 1. The SMILES string of the molecule is OC1CNCC1OCCC1CC1. The second-order valence-corrected chi connectivity index (χ2v) is 3.87. The fourth-order valence-corrected chi connectivity index (χ4v) is 1.60. The molecular formula is C9H17NO2. The summed E-state index contributed by atoms with van der Waals surface area (Å²) in [5.74, 6) is 0.927. The molecule has 3 heteroatoms. The zero-order valence-corrected chi connectivity index (χ0v) is 7.33. The summed E-state index contributed by atoms with van der Waals surface area (Å²) in [4.78, 5) is 0. The molecule has 1 heterocycles. The molecule has 70 valence electrons. The number of aliphatic hydroxyl groups excluding tert-OH is 1. The lowest BCUT2D eigenvalue weighted by atomic mass is 10.2. The first-order valence-electron chi connectivity index (χ1n) is 4.86. The standard InChI is InChI=1S/C9H17NO2/c11-8-5-10-6-9(8)12-4-3-7-1-2-7/h7-11H,1-6H2. The third-order valence-corrected chi connectivity index (χ3v) is 2.68. The number of aliphatic hydroxyl groups is 1. The zero-order chi connectivity index (χ0) is 8.39. The van der Waals surface area contributed by atoms with Crippen LogP contribution < -0.4 is 5.32 Å². The molecule has 0 aromatic heterocycles. The van der Waals surface area contributed by atoms with E-state index in [2.05, 4.69) is 5.32 Å². The van der Waals surface area contributed by atoms with Crippen LogP contribution in [-0.4, -0.2) is 37.0 Å². The van der Waals surface area contributed by atoms with Crippen LogP contribution >= 0.6 is 0 Å². The molecule has 12 heavy (non-hydrogen) atoms. The first-order chi connectivity index (χ1) is 5.86. The monoisotopic (exact) mass is 171 g/mol. The summed E-state index contributed by atoms with van der Waals surface area (Å²) in [6.45, 7) is 2.33. The maximum atomic E-state index is 9.38. The van der Waals surface area contributed by atoms with Gasteiger partial charge in [0, 0.05) is 19.7 Å². The van der Waals surface area contributed by atoms with Crippen molar-refractivity contribution in [3.05, 3.63) is 0 Å². The Kier molecular flexibility index (Phi) is 2.63. The predicted octanol–water partition coefficient (Wildman–Crippen LogP) is 0.136. The molecule has 0 aromatic carbocycles. The van der Waals surface area contributed by atoms with Crippen molar-refractivity contribution in [1.82, 2.24) is 5.32 Å². The Morgan fingerprint density at radius 3 is 2.75 bits per heavy atom. The van der Waals surface area contributed by atoms with Crippen molar-refractivity contribution >= 4 is 0 Å². The summed E-state index contributed by atoms with van der Waals surface area (Å²) in [6.07, 6.45) is 3.71. The number of β-amino-alcohol motifs (C(OH)–C–C–N with tert-alkyl or cyclic N) is 1. The van der Waals surface area contributed by atoms with Crippen molar-refractivity contribution < 1.29 is 9.84 Å². The van der Waals surface area contributed by atoms with Gasteiger partial charge in [-0.2, -0.15) is 0 Å². The van der Waals surface area contributed by atoms with Gasteiger partial charge >= 0.3 is 0 Å². The lowest BCUT2D eigenvalue weighted by Gasteiger charge is -2.13. The van der Waals surface area contributed by atoms with Crippen molar-refractivity contribution in [2.24, 2.45) is 5.92 Å². The summed E-state index contributed by atoms with van der Waals surface area (Å²) >= 11 is 0. The molecule has 0 bridgehead atoms. The van der Waals surface area contributed by atoms with E-state index < -0.39 is 0 Å². The molecule has 2 unspecified atom stereocenters. The highest BCUT2D eigenvalue weighted by molar-refractivity contribution is 4.81. The van der Waals surface area contributed by atoms with E-state index in [1.165, 1.54) is 19.3 Å². The first kappa shape index (κ1) is 8.48. The van der Waals surface area contributed by atoms with Gasteiger partial charge in [0.25, 0.3) is 0 Å². The summed E-state index contributed by atoms with van der Waals surface area (Å²) in [5.41, 5.74) is 0. The predicted molar refractivity (Wildman–Crippen MR) is 46.0 cm³/mol. The zero-order valence-electron chi connectivity index (χ0n) is 7.33. The van der Waals surface area contributed by atoms with Crippen molar-refractivity contribution in [1.29, 1.82) is 0 Å². The molecule has 2 fully saturated rings. The van der Waals surface area contributed by atoms with Crippen LogP contribution in [-0.2, 0) is 4.74 Å². The van der Waals surface area contributed by atoms with Gasteiger partial charge in [-0.05, 0) is 12.3 Å². The molecule has 1 aliphatic heterocycles. The second kappa shape index (κ2) is 3.73. The van der Waals surface area contributed by atoms with E-state index in [1.807, 2.05) is 0 Å². The summed E-state index contributed by atoms with van der Waals surface area (Å²) in [7, 11) is 0. The van der Waals surface area contributed by atoms with Crippen LogP contribution in [0.25, 0.3) is 0 Å². The number of rotatable bonds is 4. The number of hydrogen-bond donors (Lipinski definition) is 2. The van der Waals surface area contributed by atoms with Gasteiger partial charge in [0.1, 0.15) is 0 Å². The lowest BCUT2D eigenvalue weighted by molar-refractivity contribution is -0.00998. The van der Waals surface area contributed by atoms with Gasteiger partial charge in [-0.15, -0.1) is 0 Å². The van der Waals surface area contributed by atoms with Crippen LogP contribution in [0.3, 0.4) is 0 Å². The van der Waals surface area contributed by atoms with Crippen LogP contribution in [0.5, 0.6) is 0 Å².